The third-order valence-corrected chi connectivity index (χ3v) is 4.69. The number of piperazine rings is 1. The van der Waals surface area contributed by atoms with Crippen LogP contribution in [-0.4, -0.2) is 48.5 Å². The average molecular weight is 390 g/mol. The van der Waals surface area contributed by atoms with Crippen molar-refractivity contribution in [2.45, 2.75) is 6.92 Å². The van der Waals surface area contributed by atoms with E-state index in [-0.39, 0.29) is 17.2 Å². The minimum Gasteiger partial charge on any atom is -0.492 e. The molecule has 0 aromatic heterocycles. The predicted molar refractivity (Wildman–Crippen MR) is 104 cm³/mol. The molecule has 1 fully saturated rings. The van der Waals surface area contributed by atoms with Crippen molar-refractivity contribution in [1.82, 2.24) is 4.90 Å². The summed E-state index contributed by atoms with van der Waals surface area (Å²) in [7, 11) is 0. The molecule has 3 rings (SSSR count). The molecule has 0 atom stereocenters. The number of ether oxygens (including phenoxy) is 1. The van der Waals surface area contributed by atoms with Crippen molar-refractivity contribution in [2.24, 2.45) is 0 Å². The van der Waals surface area contributed by atoms with E-state index in [1.165, 1.54) is 18.2 Å². The number of carbonyl (C=O) groups is 1. The molecule has 1 heterocycles. The van der Waals surface area contributed by atoms with Gasteiger partial charge in [0.05, 0.1) is 17.2 Å². The third kappa shape index (κ3) is 4.14. The van der Waals surface area contributed by atoms with Crippen molar-refractivity contribution in [3.8, 4) is 5.75 Å². The molecule has 8 heteroatoms. The van der Waals surface area contributed by atoms with E-state index in [0.29, 0.717) is 37.8 Å². The van der Waals surface area contributed by atoms with Gasteiger partial charge in [0.25, 0.3) is 11.6 Å². The van der Waals surface area contributed by atoms with Crippen LogP contribution < -0.4 is 9.64 Å². The van der Waals surface area contributed by atoms with Gasteiger partial charge in [-0.05, 0) is 31.2 Å². The molecule has 0 bridgehead atoms. The Kier molecular flexibility index (Phi) is 5.81. The second kappa shape index (κ2) is 8.26. The highest BCUT2D eigenvalue weighted by atomic mass is 35.5. The highest BCUT2D eigenvalue weighted by molar-refractivity contribution is 6.31. The Labute approximate surface area is 162 Å². The molecule has 1 aliphatic rings. The molecule has 0 radical (unpaired) electrons. The zero-order chi connectivity index (χ0) is 19.4. The number of halogens is 1. The lowest BCUT2D eigenvalue weighted by molar-refractivity contribution is -0.385. The van der Waals surface area contributed by atoms with Gasteiger partial charge in [-0.2, -0.15) is 0 Å². The van der Waals surface area contributed by atoms with E-state index >= 15 is 0 Å². The minimum atomic E-state index is -0.557. The molecule has 1 saturated heterocycles. The summed E-state index contributed by atoms with van der Waals surface area (Å²) in [6.45, 7) is 4.67. The van der Waals surface area contributed by atoms with E-state index < -0.39 is 4.92 Å². The lowest BCUT2D eigenvalue weighted by atomic mass is 10.1. The molecular formula is C19H20ClN3O4. The van der Waals surface area contributed by atoms with Crippen LogP contribution in [0.4, 0.5) is 11.4 Å². The van der Waals surface area contributed by atoms with Crippen molar-refractivity contribution in [3.63, 3.8) is 0 Å². The van der Waals surface area contributed by atoms with Gasteiger partial charge in [0.1, 0.15) is 11.3 Å². The van der Waals surface area contributed by atoms with Crippen molar-refractivity contribution in [3.05, 3.63) is 63.2 Å². The van der Waals surface area contributed by atoms with Crippen molar-refractivity contribution >= 4 is 28.9 Å². The fraction of sp³-hybridized carbons (Fsp3) is 0.316. The Balaban J connectivity index is 1.74. The number of rotatable bonds is 5. The van der Waals surface area contributed by atoms with E-state index in [1.54, 1.807) is 4.90 Å². The maximum Gasteiger partial charge on any atom is 0.282 e. The number of amides is 1. The molecule has 7 nitrogen and oxygen atoms in total. The zero-order valence-electron chi connectivity index (χ0n) is 14.9. The van der Waals surface area contributed by atoms with E-state index in [9.17, 15) is 14.9 Å². The van der Waals surface area contributed by atoms with Gasteiger partial charge >= 0.3 is 0 Å². The first-order valence-electron chi connectivity index (χ1n) is 8.71. The summed E-state index contributed by atoms with van der Waals surface area (Å²) in [5.74, 6) is 0.437. The number of hydrogen-bond donors (Lipinski definition) is 0. The molecule has 0 N–H and O–H groups in total. The van der Waals surface area contributed by atoms with E-state index in [2.05, 4.69) is 4.90 Å². The van der Waals surface area contributed by atoms with Crippen LogP contribution >= 0.6 is 11.6 Å². The van der Waals surface area contributed by atoms with Gasteiger partial charge in [-0.15, -0.1) is 0 Å². The molecule has 2 aromatic carbocycles. The molecule has 1 aliphatic heterocycles. The largest absolute Gasteiger partial charge is 0.492 e. The second-order valence-corrected chi connectivity index (χ2v) is 6.54. The summed E-state index contributed by atoms with van der Waals surface area (Å²) < 4.78 is 5.68. The summed E-state index contributed by atoms with van der Waals surface area (Å²) in [6.07, 6.45) is 0. The highest BCUT2D eigenvalue weighted by Gasteiger charge is 2.28. The summed E-state index contributed by atoms with van der Waals surface area (Å²) in [5, 5.41) is 11.5. The molecule has 1 amide bonds. The van der Waals surface area contributed by atoms with Crippen LogP contribution in [-0.2, 0) is 0 Å². The van der Waals surface area contributed by atoms with Crippen molar-refractivity contribution < 1.29 is 14.5 Å². The van der Waals surface area contributed by atoms with Crippen LogP contribution in [0.1, 0.15) is 17.3 Å². The summed E-state index contributed by atoms with van der Waals surface area (Å²) in [4.78, 5) is 27.3. The molecule has 0 aliphatic carbocycles. The Morgan fingerprint density at radius 3 is 2.56 bits per heavy atom. The Morgan fingerprint density at radius 2 is 1.89 bits per heavy atom. The van der Waals surface area contributed by atoms with E-state index in [4.69, 9.17) is 16.3 Å². The zero-order valence-corrected chi connectivity index (χ0v) is 15.7. The first-order chi connectivity index (χ1) is 13.0. The van der Waals surface area contributed by atoms with Gasteiger partial charge < -0.3 is 14.5 Å². The number of nitro benzene ring substituents is 1. The monoisotopic (exact) mass is 389 g/mol. The maximum atomic E-state index is 12.8. The molecule has 2 aromatic rings. The Bertz CT molecular complexity index is 851. The summed E-state index contributed by atoms with van der Waals surface area (Å²) in [5.41, 5.74) is 0.782. The lowest BCUT2D eigenvalue weighted by Crippen LogP contribution is -2.49. The standard InChI is InChI=1S/C19H20ClN3O4/c1-2-27-18-6-4-3-5-17(18)21-9-11-22(12-10-21)19(24)15-13-14(20)7-8-16(15)23(25)26/h3-8,13H,2,9-12H2,1H3. The van der Waals surface area contributed by atoms with Crippen molar-refractivity contribution in [2.75, 3.05) is 37.7 Å². The van der Waals surface area contributed by atoms with Gasteiger partial charge in [-0.3, -0.25) is 14.9 Å². The summed E-state index contributed by atoms with van der Waals surface area (Å²) in [6, 6.07) is 11.8. The van der Waals surface area contributed by atoms with Gasteiger partial charge in [0.15, 0.2) is 0 Å². The van der Waals surface area contributed by atoms with E-state index in [1.807, 2.05) is 31.2 Å². The normalized spacial score (nSPS) is 14.1. The first kappa shape index (κ1) is 19.0. The number of anilines is 1. The first-order valence-corrected chi connectivity index (χ1v) is 9.09. The second-order valence-electron chi connectivity index (χ2n) is 6.10. The van der Waals surface area contributed by atoms with Crippen LogP contribution in [0.25, 0.3) is 0 Å². The number of hydrogen-bond acceptors (Lipinski definition) is 5. The topological polar surface area (TPSA) is 75.9 Å². The molecule has 0 unspecified atom stereocenters. The van der Waals surface area contributed by atoms with E-state index in [0.717, 1.165) is 11.4 Å². The van der Waals surface area contributed by atoms with Crippen LogP contribution in [0.15, 0.2) is 42.5 Å². The molecule has 27 heavy (non-hydrogen) atoms. The Hall–Kier alpha value is -2.80. The molecule has 142 valence electrons. The van der Waals surface area contributed by atoms with Gasteiger partial charge in [0, 0.05) is 37.3 Å². The Morgan fingerprint density at radius 1 is 1.19 bits per heavy atom. The molecule has 0 spiro atoms. The quantitative estimate of drug-likeness (QED) is 0.576. The van der Waals surface area contributed by atoms with Crippen molar-refractivity contribution in [1.29, 1.82) is 0 Å². The average Bonchev–Trinajstić information content (AvgIpc) is 2.68. The number of nitrogens with zero attached hydrogens (tertiary/aromatic N) is 3. The fourth-order valence-corrected chi connectivity index (χ4v) is 3.33. The minimum absolute atomic E-state index is 0.0238. The van der Waals surface area contributed by atoms with Gasteiger partial charge in [0.2, 0.25) is 0 Å². The van der Waals surface area contributed by atoms with Crippen LogP contribution in [0.3, 0.4) is 0 Å². The van der Waals surface area contributed by atoms with Crippen LogP contribution in [0.2, 0.25) is 5.02 Å². The maximum absolute atomic E-state index is 12.8. The van der Waals surface area contributed by atoms with Gasteiger partial charge in [-0.1, -0.05) is 23.7 Å². The lowest BCUT2D eigenvalue weighted by Gasteiger charge is -2.36. The highest BCUT2D eigenvalue weighted by Crippen LogP contribution is 2.30. The van der Waals surface area contributed by atoms with Crippen LogP contribution in [0, 0.1) is 10.1 Å². The number of carbonyl (C=O) groups excluding carboxylic acids is 1. The predicted octanol–water partition coefficient (Wildman–Crippen LogP) is 3.61. The van der Waals surface area contributed by atoms with Gasteiger partial charge in [-0.25, -0.2) is 0 Å². The van der Waals surface area contributed by atoms with Crippen LogP contribution in [0.5, 0.6) is 5.75 Å². The smallest absolute Gasteiger partial charge is 0.282 e. The SMILES string of the molecule is CCOc1ccccc1N1CCN(C(=O)c2cc(Cl)ccc2[N+](=O)[O-])CC1. The third-order valence-electron chi connectivity index (χ3n) is 4.46. The molecule has 0 saturated carbocycles. The molecular weight excluding hydrogens is 370 g/mol. The number of benzene rings is 2. The number of nitro groups is 1. The summed E-state index contributed by atoms with van der Waals surface area (Å²) >= 11 is 5.94. The number of para-hydroxylation sites is 2. The fourth-order valence-electron chi connectivity index (χ4n) is 3.16.